The van der Waals surface area contributed by atoms with Crippen molar-refractivity contribution in [2.75, 3.05) is 0 Å². The summed E-state index contributed by atoms with van der Waals surface area (Å²) in [5.41, 5.74) is 0. The van der Waals surface area contributed by atoms with Crippen molar-refractivity contribution >= 4 is 20.0 Å². The summed E-state index contributed by atoms with van der Waals surface area (Å²) < 4.78 is 23.7. The van der Waals surface area contributed by atoms with Crippen LogP contribution in [0, 0.1) is 0 Å². The monoisotopic (exact) mass is 416 g/mol. The fourth-order valence-electron chi connectivity index (χ4n) is 1.32. The van der Waals surface area contributed by atoms with E-state index >= 15 is 0 Å². The normalized spacial score (nSPS) is 12.6. The topological polar surface area (TPSA) is 57.2 Å². The van der Waals surface area contributed by atoms with E-state index in [-0.39, 0.29) is 30.5 Å². The van der Waals surface area contributed by atoms with Crippen molar-refractivity contribution in [3.63, 3.8) is 0 Å². The Morgan fingerprint density at radius 1 is 0.524 bits per heavy atom. The van der Waals surface area contributed by atoms with E-state index < -0.39 is 20.0 Å². The zero-order valence-corrected chi connectivity index (χ0v) is 18.3. The fraction of sp³-hybridized carbons (Fsp3) is 1.00. The number of hydrogen-bond donors (Lipinski definition) is 1. The third-order valence-corrected chi connectivity index (χ3v) is 10.2. The second-order valence-electron chi connectivity index (χ2n) is 6.26. The minimum atomic E-state index is -3.89. The van der Waals surface area contributed by atoms with Gasteiger partial charge in [-0.1, -0.05) is 0 Å². The van der Waals surface area contributed by atoms with E-state index in [0.717, 1.165) is 0 Å². The average Bonchev–Trinajstić information content (AvgIpc) is 2.08. The number of aliphatic hydroxyl groups excluding tert-OH is 1. The van der Waals surface area contributed by atoms with Crippen LogP contribution in [0.1, 0.15) is 69.2 Å². The van der Waals surface area contributed by atoms with Crippen molar-refractivity contribution in [1.29, 1.82) is 0 Å². The molecule has 5 nitrogen and oxygen atoms in total. The predicted molar refractivity (Wildman–Crippen MR) is 88.0 cm³/mol. The van der Waals surface area contributed by atoms with Crippen molar-refractivity contribution in [2.24, 2.45) is 0 Å². The maximum atomic E-state index is 8.06. The van der Waals surface area contributed by atoms with Gasteiger partial charge in [0, 0.05) is 6.10 Å². The molecule has 0 spiro atoms. The van der Waals surface area contributed by atoms with Crippen molar-refractivity contribution < 1.29 is 17.4 Å². The molecular weight excluding hydrogens is 379 g/mol. The van der Waals surface area contributed by atoms with Gasteiger partial charge in [0.05, 0.1) is 0 Å². The van der Waals surface area contributed by atoms with Gasteiger partial charge in [-0.25, -0.2) is 0 Å². The van der Waals surface area contributed by atoms with Crippen LogP contribution in [0.2, 0.25) is 0 Å². The molecule has 0 aliphatic carbocycles. The van der Waals surface area contributed by atoms with Crippen LogP contribution in [-0.4, -0.2) is 55.7 Å². The molecule has 0 aromatic heterocycles. The van der Waals surface area contributed by atoms with Crippen LogP contribution in [-0.2, 0) is 12.3 Å². The summed E-state index contributed by atoms with van der Waals surface area (Å²) in [5.74, 6) is 0. The van der Waals surface area contributed by atoms with Gasteiger partial charge in [0.2, 0.25) is 0 Å². The Morgan fingerprint density at radius 2 is 0.667 bits per heavy atom. The summed E-state index contributed by atoms with van der Waals surface area (Å²) in [5, 5.41) is 8.06. The summed E-state index contributed by atoms with van der Waals surface area (Å²) in [6, 6.07) is 0. The molecule has 0 saturated carbocycles. The predicted octanol–water partition coefficient (Wildman–Crippen LogP) is 3.51. The van der Waals surface area contributed by atoms with Crippen molar-refractivity contribution in [2.45, 2.75) is 99.8 Å². The van der Waals surface area contributed by atoms with Crippen molar-refractivity contribution in [3.8, 4) is 0 Å². The average molecular weight is 415 g/mol. The molecule has 130 valence electrons. The van der Waals surface area contributed by atoms with E-state index in [2.05, 4.69) is 0 Å². The standard InChI is InChI=1S/C3H8O.4C3H7O.Sn/c5*1-3(2)4;/h3-4H,1-2H3;4*3H,1-2H3;/q;4*-1;+4. The Balaban J connectivity index is 0. The molecule has 0 heterocycles. The van der Waals surface area contributed by atoms with Gasteiger partial charge < -0.3 is 5.11 Å². The minimum absolute atomic E-state index is 0.0436. The molecule has 21 heavy (non-hydrogen) atoms. The summed E-state index contributed by atoms with van der Waals surface area (Å²) >= 11 is -3.89. The van der Waals surface area contributed by atoms with Gasteiger partial charge in [-0.05, 0) is 13.8 Å². The van der Waals surface area contributed by atoms with Crippen LogP contribution in [0.15, 0.2) is 0 Å². The number of aliphatic hydroxyl groups is 1. The van der Waals surface area contributed by atoms with E-state index in [9.17, 15) is 0 Å². The van der Waals surface area contributed by atoms with Crippen LogP contribution in [0.4, 0.5) is 0 Å². The van der Waals surface area contributed by atoms with Gasteiger partial charge in [-0.2, -0.15) is 0 Å². The van der Waals surface area contributed by atoms with E-state index in [0.29, 0.717) is 0 Å². The quantitative estimate of drug-likeness (QED) is 0.616. The number of hydrogen-bond acceptors (Lipinski definition) is 5. The maximum absolute atomic E-state index is 8.06. The Bertz CT molecular complexity index is 194. The van der Waals surface area contributed by atoms with Crippen LogP contribution in [0.5, 0.6) is 0 Å². The first-order chi connectivity index (χ1) is 9.40. The van der Waals surface area contributed by atoms with Crippen LogP contribution in [0.3, 0.4) is 0 Å². The molecule has 0 amide bonds. The van der Waals surface area contributed by atoms with Gasteiger partial charge in [0.1, 0.15) is 0 Å². The van der Waals surface area contributed by atoms with Crippen LogP contribution < -0.4 is 0 Å². The molecule has 0 aliphatic rings. The Hall–Kier alpha value is 0.599. The fourth-order valence-corrected chi connectivity index (χ4v) is 8.86. The second kappa shape index (κ2) is 12.1. The first kappa shape index (κ1) is 23.9. The molecule has 6 heteroatoms. The molecular formula is C15H36O5Sn. The molecule has 0 aromatic rings. The molecule has 0 fully saturated rings. The third-order valence-electron chi connectivity index (χ3n) is 1.52. The second-order valence-corrected chi connectivity index (χ2v) is 11.8. The van der Waals surface area contributed by atoms with Crippen molar-refractivity contribution in [3.05, 3.63) is 0 Å². The molecule has 0 unspecified atom stereocenters. The van der Waals surface area contributed by atoms with Crippen LogP contribution in [0.25, 0.3) is 0 Å². The first-order valence-corrected chi connectivity index (χ1v) is 12.5. The van der Waals surface area contributed by atoms with Gasteiger partial charge in [-0.15, -0.1) is 0 Å². The molecule has 0 radical (unpaired) electrons. The molecule has 1 N–H and O–H groups in total. The molecule has 0 aliphatic heterocycles. The Labute approximate surface area is 137 Å². The zero-order valence-electron chi connectivity index (χ0n) is 15.5. The summed E-state index contributed by atoms with van der Waals surface area (Å²) in [4.78, 5) is 0. The van der Waals surface area contributed by atoms with Crippen LogP contribution >= 0.6 is 0 Å². The van der Waals surface area contributed by atoms with E-state index in [1.807, 2.05) is 55.4 Å². The SMILES string of the molecule is CC(C)O.CC(C)[O][Sn]([O]C(C)C)([O]C(C)C)[O]C(C)C. The van der Waals surface area contributed by atoms with Crippen molar-refractivity contribution in [1.82, 2.24) is 0 Å². The van der Waals surface area contributed by atoms with E-state index in [4.69, 9.17) is 17.4 Å². The molecule has 0 saturated heterocycles. The van der Waals surface area contributed by atoms with E-state index in [1.165, 1.54) is 0 Å². The third kappa shape index (κ3) is 16.8. The van der Waals surface area contributed by atoms with Gasteiger partial charge >= 0.3 is 112 Å². The summed E-state index contributed by atoms with van der Waals surface area (Å²) in [6.07, 6.45) is 0.00759. The first-order valence-electron chi connectivity index (χ1n) is 7.79. The molecule has 0 atom stereocenters. The van der Waals surface area contributed by atoms with Gasteiger partial charge in [0.15, 0.2) is 0 Å². The van der Waals surface area contributed by atoms with Gasteiger partial charge in [-0.3, -0.25) is 0 Å². The number of rotatable bonds is 8. The summed E-state index contributed by atoms with van der Waals surface area (Å²) in [7, 11) is 0. The zero-order chi connectivity index (χ0) is 17.2. The molecule has 0 aromatic carbocycles. The van der Waals surface area contributed by atoms with E-state index in [1.54, 1.807) is 13.8 Å². The Kier molecular flexibility index (Phi) is 13.7. The Morgan fingerprint density at radius 3 is 0.762 bits per heavy atom. The van der Waals surface area contributed by atoms with Gasteiger partial charge in [0.25, 0.3) is 0 Å². The summed E-state index contributed by atoms with van der Waals surface area (Å²) in [6.45, 7) is 19.2. The molecule has 0 rings (SSSR count). The molecule has 0 bridgehead atoms.